The van der Waals surface area contributed by atoms with Gasteiger partial charge in [0.15, 0.2) is 11.5 Å². The molecule has 0 saturated carbocycles. The van der Waals surface area contributed by atoms with E-state index < -0.39 is 0 Å². The lowest BCUT2D eigenvalue weighted by molar-refractivity contribution is 0.281. The highest BCUT2D eigenvalue weighted by Crippen LogP contribution is 2.37. The van der Waals surface area contributed by atoms with E-state index in [-0.39, 0.29) is 0 Å². The summed E-state index contributed by atoms with van der Waals surface area (Å²) in [5, 5.41) is 4.12. The van der Waals surface area contributed by atoms with Crippen molar-refractivity contribution < 1.29 is 9.47 Å². The third-order valence-corrected chi connectivity index (χ3v) is 5.35. The number of methoxy groups -OCH3 is 1. The largest absolute Gasteiger partial charge is 0.493 e. The van der Waals surface area contributed by atoms with Crippen LogP contribution in [0.15, 0.2) is 65.1 Å². The predicted molar refractivity (Wildman–Crippen MR) is 115 cm³/mol. The number of hydrogen-bond acceptors (Lipinski definition) is 3. The van der Waals surface area contributed by atoms with Crippen LogP contribution in [0.25, 0.3) is 0 Å². The van der Waals surface area contributed by atoms with Crippen LogP contribution < -0.4 is 14.8 Å². The van der Waals surface area contributed by atoms with Gasteiger partial charge in [-0.05, 0) is 37.3 Å². The first-order chi connectivity index (χ1) is 13.1. The van der Waals surface area contributed by atoms with Crippen molar-refractivity contribution in [1.82, 2.24) is 0 Å². The topological polar surface area (TPSA) is 30.5 Å². The molecule has 0 spiro atoms. The second-order valence-corrected chi connectivity index (χ2v) is 7.42. The summed E-state index contributed by atoms with van der Waals surface area (Å²) < 4.78 is 12.6. The third kappa shape index (κ3) is 4.96. The molecule has 0 bridgehead atoms. The minimum Gasteiger partial charge on any atom is -0.493 e. The van der Waals surface area contributed by atoms with Crippen LogP contribution in [0, 0.1) is 6.92 Å². The van der Waals surface area contributed by atoms with E-state index in [9.17, 15) is 0 Å². The zero-order valence-corrected chi connectivity index (χ0v) is 17.6. The highest BCUT2D eigenvalue weighted by Gasteiger charge is 2.15. The monoisotopic (exact) mass is 445 g/mol. The quantitative estimate of drug-likeness (QED) is 0.443. The first-order valence-corrected chi connectivity index (χ1v) is 9.77. The highest BCUT2D eigenvalue weighted by atomic mass is 79.9. The molecule has 0 aromatic heterocycles. The predicted octanol–water partition coefficient (Wildman–Crippen LogP) is 6.61. The standard InChI is InChI=1S/C22H21BrClNO2/c1-15-7-9-17(10-8-15)25-13-18-19(23)11-12-21(26-2)22(18)27-14-16-5-3-4-6-20(16)24/h3-12,25H,13-14H2,1-2H3. The molecule has 0 aliphatic rings. The molecule has 0 aliphatic heterocycles. The zero-order chi connectivity index (χ0) is 19.2. The van der Waals surface area contributed by atoms with Crippen molar-refractivity contribution in [2.45, 2.75) is 20.1 Å². The summed E-state index contributed by atoms with van der Waals surface area (Å²) in [6, 6.07) is 19.8. The summed E-state index contributed by atoms with van der Waals surface area (Å²) >= 11 is 9.89. The fourth-order valence-corrected chi connectivity index (χ4v) is 3.34. The van der Waals surface area contributed by atoms with Crippen molar-refractivity contribution in [3.63, 3.8) is 0 Å². The van der Waals surface area contributed by atoms with E-state index in [1.165, 1.54) is 5.56 Å². The van der Waals surface area contributed by atoms with Crippen LogP contribution in [0.3, 0.4) is 0 Å². The summed E-state index contributed by atoms with van der Waals surface area (Å²) in [4.78, 5) is 0. The Kier molecular flexibility index (Phi) is 6.64. The molecule has 140 valence electrons. The number of nitrogens with one attached hydrogen (secondary N) is 1. The summed E-state index contributed by atoms with van der Waals surface area (Å²) in [6.45, 7) is 3.03. The van der Waals surface area contributed by atoms with Crippen LogP contribution in [-0.2, 0) is 13.2 Å². The van der Waals surface area contributed by atoms with Gasteiger partial charge < -0.3 is 14.8 Å². The number of hydrogen-bond donors (Lipinski definition) is 1. The minimum atomic E-state index is 0.365. The number of benzene rings is 3. The van der Waals surface area contributed by atoms with E-state index in [4.69, 9.17) is 21.1 Å². The van der Waals surface area contributed by atoms with Crippen molar-refractivity contribution in [2.24, 2.45) is 0 Å². The fraction of sp³-hybridized carbons (Fsp3) is 0.182. The van der Waals surface area contributed by atoms with E-state index in [1.807, 2.05) is 36.4 Å². The molecule has 27 heavy (non-hydrogen) atoms. The van der Waals surface area contributed by atoms with Gasteiger partial charge in [0.2, 0.25) is 0 Å². The van der Waals surface area contributed by atoms with Crippen molar-refractivity contribution in [3.05, 3.63) is 86.8 Å². The Bertz CT molecular complexity index is 913. The number of anilines is 1. The molecular weight excluding hydrogens is 426 g/mol. The minimum absolute atomic E-state index is 0.365. The average molecular weight is 447 g/mol. The highest BCUT2D eigenvalue weighted by molar-refractivity contribution is 9.10. The van der Waals surface area contributed by atoms with Crippen LogP contribution in [-0.4, -0.2) is 7.11 Å². The summed E-state index contributed by atoms with van der Waals surface area (Å²) in [5.74, 6) is 1.39. The smallest absolute Gasteiger partial charge is 0.167 e. The molecule has 0 atom stereocenters. The Morgan fingerprint density at radius 2 is 1.74 bits per heavy atom. The van der Waals surface area contributed by atoms with E-state index in [0.29, 0.717) is 29.7 Å². The van der Waals surface area contributed by atoms with E-state index in [1.54, 1.807) is 7.11 Å². The van der Waals surface area contributed by atoms with E-state index >= 15 is 0 Å². The van der Waals surface area contributed by atoms with Crippen LogP contribution in [0.2, 0.25) is 5.02 Å². The maximum Gasteiger partial charge on any atom is 0.167 e. The Morgan fingerprint density at radius 3 is 2.44 bits per heavy atom. The summed E-state index contributed by atoms with van der Waals surface area (Å²) in [5.41, 5.74) is 4.19. The van der Waals surface area contributed by atoms with Crippen molar-refractivity contribution in [3.8, 4) is 11.5 Å². The molecular formula is C22H21BrClNO2. The summed E-state index contributed by atoms with van der Waals surface area (Å²) in [7, 11) is 1.64. The second kappa shape index (κ2) is 9.16. The maximum absolute atomic E-state index is 6.26. The zero-order valence-electron chi connectivity index (χ0n) is 15.3. The number of ether oxygens (including phenoxy) is 2. The molecule has 0 fully saturated rings. The van der Waals surface area contributed by atoms with Gasteiger partial charge in [-0.3, -0.25) is 0 Å². The van der Waals surface area contributed by atoms with Gasteiger partial charge in [0, 0.05) is 32.9 Å². The van der Waals surface area contributed by atoms with Crippen molar-refractivity contribution in [1.29, 1.82) is 0 Å². The Balaban J connectivity index is 1.83. The molecule has 5 heteroatoms. The number of halogens is 2. The SMILES string of the molecule is COc1ccc(Br)c(CNc2ccc(C)cc2)c1OCc1ccccc1Cl. The molecule has 3 nitrogen and oxygen atoms in total. The van der Waals surface area contributed by atoms with Crippen molar-refractivity contribution in [2.75, 3.05) is 12.4 Å². The van der Waals surface area contributed by atoms with Gasteiger partial charge in [-0.2, -0.15) is 0 Å². The van der Waals surface area contributed by atoms with Crippen LogP contribution >= 0.6 is 27.5 Å². The molecule has 0 unspecified atom stereocenters. The number of rotatable bonds is 7. The third-order valence-electron chi connectivity index (χ3n) is 4.24. The van der Waals surface area contributed by atoms with E-state index in [2.05, 4.69) is 52.4 Å². The lowest BCUT2D eigenvalue weighted by Gasteiger charge is -2.18. The molecule has 0 radical (unpaired) electrons. The molecule has 0 aliphatic carbocycles. The van der Waals surface area contributed by atoms with Gasteiger partial charge in [-0.25, -0.2) is 0 Å². The lowest BCUT2D eigenvalue weighted by Crippen LogP contribution is -2.06. The Labute approximate surface area is 173 Å². The normalized spacial score (nSPS) is 10.5. The van der Waals surface area contributed by atoms with Gasteiger partial charge in [0.1, 0.15) is 6.61 Å². The molecule has 0 saturated heterocycles. The first-order valence-electron chi connectivity index (χ1n) is 8.60. The van der Waals surface area contributed by atoms with Gasteiger partial charge in [0.05, 0.1) is 7.11 Å². The Hall–Kier alpha value is -2.17. The van der Waals surface area contributed by atoms with Crippen LogP contribution in [0.1, 0.15) is 16.7 Å². The second-order valence-electron chi connectivity index (χ2n) is 6.16. The van der Waals surface area contributed by atoms with Gasteiger partial charge in [-0.1, -0.05) is 63.4 Å². The summed E-state index contributed by atoms with van der Waals surface area (Å²) in [6.07, 6.45) is 0. The van der Waals surface area contributed by atoms with Crippen LogP contribution in [0.4, 0.5) is 5.69 Å². The van der Waals surface area contributed by atoms with Crippen LogP contribution in [0.5, 0.6) is 11.5 Å². The van der Waals surface area contributed by atoms with Crippen molar-refractivity contribution >= 4 is 33.2 Å². The molecule has 1 N–H and O–H groups in total. The maximum atomic E-state index is 6.26. The van der Waals surface area contributed by atoms with Gasteiger partial charge >= 0.3 is 0 Å². The first kappa shape index (κ1) is 19.6. The van der Waals surface area contributed by atoms with Gasteiger partial charge in [-0.15, -0.1) is 0 Å². The number of aryl methyl sites for hydroxylation is 1. The molecule has 3 aromatic rings. The molecule has 3 rings (SSSR count). The average Bonchev–Trinajstić information content (AvgIpc) is 2.68. The fourth-order valence-electron chi connectivity index (χ4n) is 2.69. The van der Waals surface area contributed by atoms with Gasteiger partial charge in [0.25, 0.3) is 0 Å². The Morgan fingerprint density at radius 1 is 1.00 bits per heavy atom. The molecule has 0 heterocycles. The molecule has 0 amide bonds. The molecule has 3 aromatic carbocycles. The lowest BCUT2D eigenvalue weighted by atomic mass is 10.1. The van der Waals surface area contributed by atoms with E-state index in [0.717, 1.165) is 21.3 Å².